The van der Waals surface area contributed by atoms with E-state index in [0.717, 1.165) is 17.2 Å². The molecule has 0 saturated heterocycles. The zero-order valence-corrected chi connectivity index (χ0v) is 8.91. The molecule has 0 bridgehead atoms. The average Bonchev–Trinajstić information content (AvgIpc) is 2.33. The van der Waals surface area contributed by atoms with Crippen molar-refractivity contribution in [3.63, 3.8) is 0 Å². The Labute approximate surface area is 93.2 Å². The summed E-state index contributed by atoms with van der Waals surface area (Å²) >= 11 is 0. The Kier molecular flexibility index (Phi) is 2.82. The first-order chi connectivity index (χ1) is 7.72. The van der Waals surface area contributed by atoms with Crippen LogP contribution in [0.3, 0.4) is 0 Å². The lowest BCUT2D eigenvalue weighted by atomic mass is 10.0. The first-order valence-corrected chi connectivity index (χ1v) is 5.03. The first kappa shape index (κ1) is 10.6. The van der Waals surface area contributed by atoms with Crippen molar-refractivity contribution >= 4 is 23.1 Å². The Morgan fingerprint density at radius 1 is 1.12 bits per heavy atom. The van der Waals surface area contributed by atoms with Gasteiger partial charge in [-0.3, -0.25) is 4.79 Å². The zero-order valence-electron chi connectivity index (χ0n) is 8.91. The van der Waals surface area contributed by atoms with Crippen LogP contribution in [0.1, 0.15) is 12.5 Å². The molecular weight excluding hydrogens is 203 g/mol. The van der Waals surface area contributed by atoms with Crippen LogP contribution in [-0.2, 0) is 4.79 Å². The molecule has 16 heavy (non-hydrogen) atoms. The van der Waals surface area contributed by atoms with Gasteiger partial charge in [-0.2, -0.15) is 0 Å². The van der Waals surface area contributed by atoms with Crippen molar-refractivity contribution in [2.45, 2.75) is 6.92 Å². The topological polar surface area (TPSA) is 17.1 Å². The van der Waals surface area contributed by atoms with Crippen LogP contribution in [0.2, 0.25) is 0 Å². The third kappa shape index (κ3) is 1.87. The van der Waals surface area contributed by atoms with E-state index in [-0.39, 0.29) is 5.82 Å². The van der Waals surface area contributed by atoms with Gasteiger partial charge in [0, 0.05) is 5.39 Å². The molecule has 80 valence electrons. The number of carbonyl (C=O) groups is 1. The van der Waals surface area contributed by atoms with E-state index in [9.17, 15) is 9.18 Å². The number of hydrogen-bond donors (Lipinski definition) is 0. The maximum Gasteiger partial charge on any atom is 0.145 e. The van der Waals surface area contributed by atoms with Crippen LogP contribution < -0.4 is 0 Å². The summed E-state index contributed by atoms with van der Waals surface area (Å²) in [6, 6.07) is 10.3. The highest BCUT2D eigenvalue weighted by Crippen LogP contribution is 2.23. The standard InChI is InChI=1S/C14H11FO/c1-10(9-16)8-11-6-7-14(15)13-5-3-2-4-12(11)13/h2-9H,1H3/b10-8+. The highest BCUT2D eigenvalue weighted by Gasteiger charge is 2.03. The molecule has 0 amide bonds. The summed E-state index contributed by atoms with van der Waals surface area (Å²) in [7, 11) is 0. The summed E-state index contributed by atoms with van der Waals surface area (Å²) in [5.74, 6) is -0.239. The van der Waals surface area contributed by atoms with Crippen LogP contribution in [0, 0.1) is 5.82 Å². The maximum absolute atomic E-state index is 13.5. The molecule has 2 rings (SSSR count). The average molecular weight is 214 g/mol. The molecule has 0 spiro atoms. The molecule has 0 aromatic heterocycles. The van der Waals surface area contributed by atoms with Crippen molar-refractivity contribution in [1.29, 1.82) is 0 Å². The van der Waals surface area contributed by atoms with Crippen molar-refractivity contribution in [2.75, 3.05) is 0 Å². The predicted octanol–water partition coefficient (Wildman–Crippen LogP) is 3.58. The molecule has 0 aliphatic rings. The fourth-order valence-corrected chi connectivity index (χ4v) is 1.69. The summed E-state index contributed by atoms with van der Waals surface area (Å²) < 4.78 is 13.5. The third-order valence-corrected chi connectivity index (χ3v) is 2.47. The number of allylic oxidation sites excluding steroid dienone is 1. The van der Waals surface area contributed by atoms with Crippen molar-refractivity contribution in [3.8, 4) is 0 Å². The molecule has 0 unspecified atom stereocenters. The van der Waals surface area contributed by atoms with Crippen LogP contribution >= 0.6 is 0 Å². The summed E-state index contributed by atoms with van der Waals surface area (Å²) in [5.41, 5.74) is 1.48. The number of hydrogen-bond acceptors (Lipinski definition) is 1. The van der Waals surface area contributed by atoms with Gasteiger partial charge in [-0.1, -0.05) is 30.3 Å². The SMILES string of the molecule is C/C(C=O)=C\c1ccc(F)c2ccccc12. The van der Waals surface area contributed by atoms with Gasteiger partial charge in [-0.05, 0) is 35.6 Å². The molecule has 1 nitrogen and oxygen atoms in total. The molecule has 0 heterocycles. The molecule has 0 aliphatic carbocycles. The lowest BCUT2D eigenvalue weighted by Gasteiger charge is -2.03. The Morgan fingerprint density at radius 3 is 2.50 bits per heavy atom. The zero-order chi connectivity index (χ0) is 11.5. The van der Waals surface area contributed by atoms with E-state index in [1.807, 2.05) is 12.1 Å². The van der Waals surface area contributed by atoms with Crippen LogP contribution in [0.4, 0.5) is 4.39 Å². The molecule has 2 heteroatoms. The van der Waals surface area contributed by atoms with E-state index in [0.29, 0.717) is 11.0 Å². The Hall–Kier alpha value is -1.96. The van der Waals surface area contributed by atoms with Crippen molar-refractivity contribution in [3.05, 3.63) is 53.4 Å². The summed E-state index contributed by atoms with van der Waals surface area (Å²) in [6.07, 6.45) is 2.55. The van der Waals surface area contributed by atoms with E-state index in [1.165, 1.54) is 6.07 Å². The second kappa shape index (κ2) is 4.27. The van der Waals surface area contributed by atoms with Gasteiger partial charge in [0.1, 0.15) is 12.1 Å². The van der Waals surface area contributed by atoms with Crippen LogP contribution in [-0.4, -0.2) is 6.29 Å². The third-order valence-electron chi connectivity index (χ3n) is 2.47. The van der Waals surface area contributed by atoms with Gasteiger partial charge in [0.05, 0.1) is 0 Å². The van der Waals surface area contributed by atoms with Gasteiger partial charge in [-0.15, -0.1) is 0 Å². The first-order valence-electron chi connectivity index (χ1n) is 5.03. The Balaban J connectivity index is 2.72. The van der Waals surface area contributed by atoms with Gasteiger partial charge in [0.15, 0.2) is 0 Å². The monoisotopic (exact) mass is 214 g/mol. The van der Waals surface area contributed by atoms with E-state index in [1.54, 1.807) is 31.2 Å². The lowest BCUT2D eigenvalue weighted by molar-refractivity contribution is -0.104. The number of rotatable bonds is 2. The Morgan fingerprint density at radius 2 is 1.81 bits per heavy atom. The van der Waals surface area contributed by atoms with E-state index in [4.69, 9.17) is 0 Å². The number of aldehydes is 1. The highest BCUT2D eigenvalue weighted by atomic mass is 19.1. The van der Waals surface area contributed by atoms with E-state index in [2.05, 4.69) is 0 Å². The Bertz CT molecular complexity index is 570. The van der Waals surface area contributed by atoms with Crippen molar-refractivity contribution in [1.82, 2.24) is 0 Å². The molecular formula is C14H11FO. The molecule has 0 N–H and O–H groups in total. The molecule has 2 aromatic rings. The second-order valence-corrected chi connectivity index (χ2v) is 3.69. The van der Waals surface area contributed by atoms with Gasteiger partial charge in [0.2, 0.25) is 0 Å². The van der Waals surface area contributed by atoms with Crippen molar-refractivity contribution < 1.29 is 9.18 Å². The smallest absolute Gasteiger partial charge is 0.145 e. The minimum absolute atomic E-state index is 0.239. The quantitative estimate of drug-likeness (QED) is 0.551. The molecule has 0 fully saturated rings. The highest BCUT2D eigenvalue weighted by molar-refractivity contribution is 5.94. The van der Waals surface area contributed by atoms with Crippen molar-refractivity contribution in [2.24, 2.45) is 0 Å². The molecule has 2 aromatic carbocycles. The van der Waals surface area contributed by atoms with E-state index >= 15 is 0 Å². The molecule has 0 aliphatic heterocycles. The molecule has 0 saturated carbocycles. The predicted molar refractivity (Wildman–Crippen MR) is 63.6 cm³/mol. The fraction of sp³-hybridized carbons (Fsp3) is 0.0714. The maximum atomic E-state index is 13.5. The minimum atomic E-state index is -0.239. The number of fused-ring (bicyclic) bond motifs is 1. The van der Waals surface area contributed by atoms with Gasteiger partial charge in [-0.25, -0.2) is 4.39 Å². The minimum Gasteiger partial charge on any atom is -0.298 e. The summed E-state index contributed by atoms with van der Waals surface area (Å²) in [5, 5.41) is 1.40. The number of halogens is 1. The van der Waals surface area contributed by atoms with Crippen LogP contribution in [0.15, 0.2) is 42.0 Å². The molecule has 0 radical (unpaired) electrons. The van der Waals surface area contributed by atoms with Crippen LogP contribution in [0.5, 0.6) is 0 Å². The van der Waals surface area contributed by atoms with Gasteiger partial charge >= 0.3 is 0 Å². The summed E-state index contributed by atoms with van der Waals surface area (Å²) in [6.45, 7) is 1.73. The van der Waals surface area contributed by atoms with Crippen LogP contribution in [0.25, 0.3) is 16.8 Å². The fourth-order valence-electron chi connectivity index (χ4n) is 1.69. The largest absolute Gasteiger partial charge is 0.298 e. The number of carbonyl (C=O) groups excluding carboxylic acids is 1. The normalized spacial score (nSPS) is 11.8. The number of benzene rings is 2. The van der Waals surface area contributed by atoms with Gasteiger partial charge < -0.3 is 0 Å². The lowest BCUT2D eigenvalue weighted by Crippen LogP contribution is -1.84. The summed E-state index contributed by atoms with van der Waals surface area (Å²) in [4.78, 5) is 10.6. The second-order valence-electron chi connectivity index (χ2n) is 3.69. The van der Waals surface area contributed by atoms with Gasteiger partial charge in [0.25, 0.3) is 0 Å². The molecule has 0 atom stereocenters. The van der Waals surface area contributed by atoms with E-state index < -0.39 is 0 Å².